The molecule has 696 valence electrons. The van der Waals surface area contributed by atoms with Crippen molar-refractivity contribution in [3.8, 4) is 44.5 Å². The molecule has 10 aromatic carbocycles. The van der Waals surface area contributed by atoms with Gasteiger partial charge in [-0.05, 0) is 179 Å². The molecule has 0 radical (unpaired) electrons. The number of anilines is 2. The normalized spacial score (nSPS) is 23.3. The number of carbonyl (C=O) groups is 8. The number of rotatable bonds is 18. The quantitative estimate of drug-likeness (QED) is 0.0468. The zero-order valence-electron chi connectivity index (χ0n) is 76.6. The number of benzene rings is 10. The summed E-state index contributed by atoms with van der Waals surface area (Å²) in [6.07, 6.45) is 8.75. The number of ether oxygens (including phenoxy) is 2. The van der Waals surface area contributed by atoms with E-state index < -0.39 is 23.7 Å². The van der Waals surface area contributed by atoms with Crippen molar-refractivity contribution < 1.29 is 66.8 Å². The first kappa shape index (κ1) is 92.7. The van der Waals surface area contributed by atoms with Crippen LogP contribution in [0.4, 0.5) is 39.3 Å². The van der Waals surface area contributed by atoms with Gasteiger partial charge in [-0.15, -0.1) is 0 Å². The number of methoxy groups -OCH3 is 2. The van der Waals surface area contributed by atoms with Crippen molar-refractivity contribution in [2.75, 3.05) is 104 Å². The number of aliphatic hydroxyl groups is 2. The summed E-state index contributed by atoms with van der Waals surface area (Å²) in [6, 6.07) is 76.7. The molecule has 0 bridgehead atoms. The molecule has 0 spiro atoms. The number of hydrogen-bond donors (Lipinski definition) is 6. The Bertz CT molecular complexity index is 5920. The van der Waals surface area contributed by atoms with Gasteiger partial charge in [-0.1, -0.05) is 232 Å². The molecule has 10 fully saturated rings. The summed E-state index contributed by atoms with van der Waals surface area (Å²) in [5.74, 6) is -1.09. The summed E-state index contributed by atoms with van der Waals surface area (Å²) < 4.78 is 37.9. The van der Waals surface area contributed by atoms with Crippen LogP contribution in [0.5, 0.6) is 0 Å². The number of halogens is 2. The molecule has 12 amide bonds. The van der Waals surface area contributed by atoms with Crippen molar-refractivity contribution in [2.45, 2.75) is 163 Å². The second kappa shape index (κ2) is 41.1. The number of aliphatic hydroxyl groups excluding tert-OH is 2. The fourth-order valence-corrected chi connectivity index (χ4v) is 22.3. The molecule has 10 aliphatic rings. The van der Waals surface area contributed by atoms with Gasteiger partial charge < -0.3 is 80.2 Å². The van der Waals surface area contributed by atoms with Crippen LogP contribution in [0.15, 0.2) is 243 Å². The van der Waals surface area contributed by atoms with Gasteiger partial charge in [0.25, 0.3) is 0 Å². The number of amides is 12. The van der Waals surface area contributed by atoms with Gasteiger partial charge in [0.2, 0.25) is 23.6 Å². The number of carbonyl (C=O) groups excluding carboxylic acids is 8. The van der Waals surface area contributed by atoms with Gasteiger partial charge in [-0.25, -0.2) is 28.0 Å². The van der Waals surface area contributed by atoms with E-state index in [1.54, 1.807) is 46.0 Å². The van der Waals surface area contributed by atoms with E-state index in [4.69, 9.17) is 9.47 Å². The van der Waals surface area contributed by atoms with E-state index in [2.05, 4.69) is 195 Å². The van der Waals surface area contributed by atoms with Crippen LogP contribution in [0.25, 0.3) is 44.5 Å². The van der Waals surface area contributed by atoms with Crippen molar-refractivity contribution in [1.29, 1.82) is 0 Å². The highest BCUT2D eigenvalue weighted by atomic mass is 19.1. The van der Waals surface area contributed by atoms with Gasteiger partial charge in [-0.2, -0.15) is 0 Å². The van der Waals surface area contributed by atoms with Gasteiger partial charge >= 0.3 is 24.1 Å². The number of fused-ring (bicyclic) bond motifs is 4. The van der Waals surface area contributed by atoms with Crippen molar-refractivity contribution in [3.05, 3.63) is 299 Å². The molecule has 6 N–H and O–H groups in total. The third-order valence-electron chi connectivity index (χ3n) is 29.0. The molecule has 10 aromatic rings. The highest BCUT2D eigenvalue weighted by Crippen LogP contribution is 2.49. The van der Waals surface area contributed by atoms with Crippen molar-refractivity contribution >= 4 is 59.1 Å². The van der Waals surface area contributed by atoms with E-state index in [1.807, 2.05) is 58.3 Å². The lowest BCUT2D eigenvalue weighted by molar-refractivity contribution is -0.160. The Balaban J connectivity index is 0.000000124. The number of nitrogens with one attached hydrogen (secondary N) is 4. The zero-order chi connectivity index (χ0) is 93.5. The maximum atomic E-state index is 13.5. The van der Waals surface area contributed by atoms with Crippen molar-refractivity contribution in [1.82, 2.24) is 49.8 Å². The lowest BCUT2D eigenvalue weighted by Crippen LogP contribution is -2.74. The second-order valence-electron chi connectivity index (χ2n) is 37.1. The van der Waals surface area contributed by atoms with Crippen LogP contribution >= 0.6 is 0 Å². The summed E-state index contributed by atoms with van der Waals surface area (Å²) in [4.78, 5) is 117. The van der Waals surface area contributed by atoms with Gasteiger partial charge in [0.15, 0.2) is 0 Å². The van der Waals surface area contributed by atoms with Gasteiger partial charge in [0.05, 0.1) is 74.8 Å². The third-order valence-corrected chi connectivity index (χ3v) is 29.0. The maximum Gasteiger partial charge on any atom is 0.322 e. The minimum atomic E-state index is -0.447. The molecule has 12 atom stereocenters. The van der Waals surface area contributed by atoms with E-state index in [0.717, 1.165) is 77.5 Å². The molecule has 26 heteroatoms. The number of nitrogens with zero attached hydrogens (tertiary/aromatic N) is 8. The Labute approximate surface area is 781 Å². The average molecular weight is 1810 g/mol. The monoisotopic (exact) mass is 1810 g/mol. The lowest BCUT2D eigenvalue weighted by Gasteiger charge is -2.59. The second-order valence-corrected chi connectivity index (χ2v) is 37.1. The van der Waals surface area contributed by atoms with E-state index in [-0.39, 0.29) is 159 Å². The minimum Gasteiger partial charge on any atom is -0.394 e. The molecule has 0 unspecified atom stereocenters. The fourth-order valence-electron chi connectivity index (χ4n) is 22.3. The summed E-state index contributed by atoms with van der Waals surface area (Å²) in [7, 11) is 3.32. The first-order valence-electron chi connectivity index (χ1n) is 46.9. The Hall–Kier alpha value is -13.1. The Morgan fingerprint density at radius 2 is 0.590 bits per heavy atom. The molecule has 20 rings (SSSR count). The van der Waals surface area contributed by atoms with Crippen molar-refractivity contribution in [3.63, 3.8) is 0 Å². The number of piperazine rings is 4. The topological polar surface area (TPSA) is 270 Å². The molecule has 8 aliphatic heterocycles. The predicted octanol–water partition coefficient (Wildman–Crippen LogP) is 15.9. The Morgan fingerprint density at radius 3 is 0.843 bits per heavy atom. The molecule has 8 heterocycles. The van der Waals surface area contributed by atoms with Crippen LogP contribution in [-0.2, 0) is 28.7 Å². The summed E-state index contributed by atoms with van der Waals surface area (Å²) in [6.45, 7) is 11.1. The standard InChI is InChI=1S/C28H28FN3O3.C27H26FN3O3.C27H33N3O3.C26H31N3O3/c1-18-6-3-4-9-23(18)19-10-12-20(13-11-19)27-24-15-31(16-26(33)32(24)25(27)17-35-2)28(34)30-22-8-5-7-21(29)14-22;1-17-5-2-3-8-22(17)18-9-11-19(12-10-18)26-23-14-30(15-25(33)31(23)24(26)16-32)27(34)29-21-7-4-6-20(28)13-21;1-18-7-3-6-10-22(18)19-11-13-20(14-12-19)26-23-15-29(27(32)28-21-8-4-5-9-21)16-25(31)30(23)24(26)17-33-2;1-17-6-2-5-9-21(17)18-10-12-19(13-11-18)25-22-14-28(15-24(31)29(22)23(25)16-30)26(32)27-20-7-3-4-8-20/h3-14,24-25,27H,15-17H2,1-2H3,(H,30,34);2-13,23-24,26,32H,14-16H2,1H3,(H,29,34);3,6-7,10-14,21,23-24,26H,4-5,8-9,15-17H2,1-2H3,(H,28,32);2,5-6,9-13,20,22-23,25,30H,3-4,7-8,14-16H2,1H3,(H,27,32)/t24-,25-,27+;23-,24-,26+;23-,24-,26-;22-,23-,25-/m0000/s1. The fraction of sp³-hybridized carbons (Fsp3) is 0.370. The maximum absolute atomic E-state index is 13.5. The first-order chi connectivity index (χ1) is 65.0. The predicted molar refractivity (Wildman–Crippen MR) is 512 cm³/mol. The zero-order valence-corrected chi connectivity index (χ0v) is 76.6. The van der Waals surface area contributed by atoms with E-state index >= 15 is 0 Å². The lowest BCUT2D eigenvalue weighted by atomic mass is 9.73. The van der Waals surface area contributed by atoms with Gasteiger partial charge in [0.1, 0.15) is 37.8 Å². The molecule has 0 aromatic heterocycles. The van der Waals surface area contributed by atoms with E-state index in [9.17, 15) is 57.4 Å². The van der Waals surface area contributed by atoms with Crippen LogP contribution in [0.1, 0.15) is 120 Å². The average Bonchev–Trinajstić information content (AvgIpc) is 0.815. The highest BCUT2D eigenvalue weighted by molar-refractivity contribution is 5.96. The minimum absolute atomic E-state index is 0.00922. The van der Waals surface area contributed by atoms with Crippen LogP contribution in [-0.4, -0.2) is 251 Å². The molecule has 134 heavy (non-hydrogen) atoms. The van der Waals surface area contributed by atoms with Gasteiger partial charge in [0, 0.05) is 87.5 Å². The summed E-state index contributed by atoms with van der Waals surface area (Å²) in [5, 5.41) is 31.7. The first-order valence-corrected chi connectivity index (χ1v) is 46.9. The summed E-state index contributed by atoms with van der Waals surface area (Å²) in [5.41, 5.74) is 19.4. The van der Waals surface area contributed by atoms with E-state index in [0.29, 0.717) is 50.8 Å². The number of hydrogen-bond acceptors (Lipinski definition) is 12. The Kier molecular flexibility index (Phi) is 28.5. The third kappa shape index (κ3) is 19.5. The number of aryl methyl sites for hydroxylation is 4. The van der Waals surface area contributed by atoms with E-state index in [1.165, 1.54) is 109 Å². The SMILES string of the molecule is COC[C@H]1[C@@H](c2ccc(-c3ccccc3C)cc2)[C@@H]2CN(C(=O)NC3CCCC3)CC(=O)N12.COC[C@H]1[C@H](c2ccc(-c3ccccc3C)cc2)[C@@H]2CN(C(=O)Nc3cccc(F)c3)CC(=O)N12.Cc1ccccc1-c1ccc([C@@H]2[C@H](CO)N3C(=O)CN(C(=O)NC4CCCC4)C[C@@H]23)cc1.Cc1ccccc1-c1ccc([C@H]2[C@H](CO)N3C(=O)CN(C(=O)Nc4cccc(F)c4)C[C@@H]23)cc1. The molecular weight excluding hydrogens is 1700 g/mol. The molecular formula is C108H118F2N12O12. The molecule has 2 saturated carbocycles. The molecule has 2 aliphatic carbocycles. The summed E-state index contributed by atoms with van der Waals surface area (Å²) >= 11 is 0. The molecule has 8 saturated heterocycles. The largest absolute Gasteiger partial charge is 0.394 e. The molecule has 24 nitrogen and oxygen atoms in total. The van der Waals surface area contributed by atoms with Gasteiger partial charge in [-0.3, -0.25) is 19.2 Å². The van der Waals surface area contributed by atoms with Crippen LogP contribution in [0.3, 0.4) is 0 Å². The van der Waals surface area contributed by atoms with Crippen LogP contribution < -0.4 is 21.3 Å². The van der Waals surface area contributed by atoms with Crippen molar-refractivity contribution in [2.24, 2.45) is 0 Å². The smallest absolute Gasteiger partial charge is 0.322 e. The highest BCUT2D eigenvalue weighted by Gasteiger charge is 2.59. The van der Waals surface area contributed by atoms with Crippen LogP contribution in [0, 0.1) is 39.3 Å². The Morgan fingerprint density at radius 1 is 0.336 bits per heavy atom. The number of urea groups is 4. The van der Waals surface area contributed by atoms with Crippen LogP contribution in [0.2, 0.25) is 0 Å².